The second kappa shape index (κ2) is 8.22. The standard InChI is InChI=1S/C20H21ClN2O5S/c21-16-5-3-14(4-6-16)12-29(25,26)23-9-1-2-15(11-23)20(24)22-17-7-8-18-19(10-17)28-13-27-18/h3-8,10,15H,1-2,9,11-13H2,(H,22,24)/t15-/m1/s1. The first-order valence-corrected chi connectivity index (χ1v) is 11.3. The number of rotatable bonds is 5. The van der Waals surface area contributed by atoms with Crippen LogP contribution in [0.2, 0.25) is 5.02 Å². The van der Waals surface area contributed by atoms with Crippen molar-refractivity contribution >= 4 is 33.2 Å². The number of piperidine rings is 1. The summed E-state index contributed by atoms with van der Waals surface area (Å²) in [5.74, 6) is 0.504. The highest BCUT2D eigenvalue weighted by Crippen LogP contribution is 2.34. The normalized spacial score (nSPS) is 19.1. The topological polar surface area (TPSA) is 84.9 Å². The summed E-state index contributed by atoms with van der Waals surface area (Å²) >= 11 is 5.86. The molecule has 9 heteroatoms. The summed E-state index contributed by atoms with van der Waals surface area (Å²) in [6.45, 7) is 0.756. The van der Waals surface area contributed by atoms with Gasteiger partial charge in [0.1, 0.15) is 0 Å². The summed E-state index contributed by atoms with van der Waals surface area (Å²) in [6, 6.07) is 11.9. The zero-order chi connectivity index (χ0) is 20.4. The molecule has 0 unspecified atom stereocenters. The molecule has 1 atom stereocenters. The van der Waals surface area contributed by atoms with E-state index in [1.54, 1.807) is 42.5 Å². The number of carbonyl (C=O) groups is 1. The van der Waals surface area contributed by atoms with E-state index in [2.05, 4.69) is 5.32 Å². The molecule has 1 fully saturated rings. The van der Waals surface area contributed by atoms with Crippen LogP contribution in [0.4, 0.5) is 5.69 Å². The molecule has 1 N–H and O–H groups in total. The highest BCUT2D eigenvalue weighted by molar-refractivity contribution is 7.88. The van der Waals surface area contributed by atoms with Crippen LogP contribution >= 0.6 is 11.6 Å². The molecular formula is C20H21ClN2O5S. The predicted molar refractivity (Wildman–Crippen MR) is 110 cm³/mol. The number of nitrogens with zero attached hydrogens (tertiary/aromatic N) is 1. The van der Waals surface area contributed by atoms with Gasteiger partial charge in [0.25, 0.3) is 0 Å². The van der Waals surface area contributed by atoms with Crippen LogP contribution < -0.4 is 14.8 Å². The van der Waals surface area contributed by atoms with Gasteiger partial charge in [0, 0.05) is 29.9 Å². The third-order valence-corrected chi connectivity index (χ3v) is 7.12. The first-order chi connectivity index (χ1) is 13.9. The van der Waals surface area contributed by atoms with Gasteiger partial charge in [-0.1, -0.05) is 23.7 Å². The molecule has 2 aromatic carbocycles. The van der Waals surface area contributed by atoms with E-state index in [9.17, 15) is 13.2 Å². The van der Waals surface area contributed by atoms with Crippen molar-refractivity contribution in [3.63, 3.8) is 0 Å². The van der Waals surface area contributed by atoms with Gasteiger partial charge in [-0.15, -0.1) is 0 Å². The summed E-state index contributed by atoms with van der Waals surface area (Å²) < 4.78 is 37.7. The Morgan fingerprint density at radius 1 is 1.14 bits per heavy atom. The van der Waals surface area contributed by atoms with Gasteiger partial charge >= 0.3 is 0 Å². The van der Waals surface area contributed by atoms with E-state index in [4.69, 9.17) is 21.1 Å². The molecule has 0 radical (unpaired) electrons. The summed E-state index contributed by atoms with van der Waals surface area (Å²) in [4.78, 5) is 12.7. The molecule has 7 nitrogen and oxygen atoms in total. The van der Waals surface area contributed by atoms with Crippen molar-refractivity contribution < 1.29 is 22.7 Å². The Labute approximate surface area is 174 Å². The summed E-state index contributed by atoms with van der Waals surface area (Å²) in [6.07, 6.45) is 1.28. The summed E-state index contributed by atoms with van der Waals surface area (Å²) in [7, 11) is -3.52. The quantitative estimate of drug-likeness (QED) is 0.777. The molecule has 0 aliphatic carbocycles. The molecule has 0 aromatic heterocycles. The van der Waals surface area contributed by atoms with Gasteiger partial charge in [0.15, 0.2) is 11.5 Å². The highest BCUT2D eigenvalue weighted by Gasteiger charge is 2.32. The first-order valence-electron chi connectivity index (χ1n) is 9.33. The summed E-state index contributed by atoms with van der Waals surface area (Å²) in [5.41, 5.74) is 1.27. The fourth-order valence-corrected chi connectivity index (χ4v) is 5.25. The Hall–Kier alpha value is -2.29. The molecule has 0 bridgehead atoms. The molecule has 1 amide bonds. The SMILES string of the molecule is O=C(Nc1ccc2c(c1)OCO2)[C@@H]1CCCN(S(=O)(=O)Cc2ccc(Cl)cc2)C1. The Kier molecular flexibility index (Phi) is 5.67. The van der Waals surface area contributed by atoms with Crippen LogP contribution in [-0.4, -0.2) is 38.5 Å². The monoisotopic (exact) mass is 436 g/mol. The van der Waals surface area contributed by atoms with E-state index in [-0.39, 0.29) is 25.0 Å². The fourth-order valence-electron chi connectivity index (χ4n) is 3.51. The number of halogens is 1. The maximum atomic E-state index is 12.8. The lowest BCUT2D eigenvalue weighted by Crippen LogP contribution is -2.44. The van der Waals surface area contributed by atoms with Crippen LogP contribution in [0.25, 0.3) is 0 Å². The molecule has 0 spiro atoms. The van der Waals surface area contributed by atoms with Gasteiger partial charge in [-0.05, 0) is 42.7 Å². The Morgan fingerprint density at radius 2 is 1.90 bits per heavy atom. The summed E-state index contributed by atoms with van der Waals surface area (Å²) in [5, 5.41) is 3.42. The molecule has 0 saturated carbocycles. The Bertz CT molecular complexity index is 1010. The van der Waals surface area contributed by atoms with E-state index in [1.807, 2.05) is 0 Å². The molecule has 29 heavy (non-hydrogen) atoms. The number of fused-ring (bicyclic) bond motifs is 1. The molecule has 2 heterocycles. The minimum atomic E-state index is -3.52. The highest BCUT2D eigenvalue weighted by atomic mass is 35.5. The van der Waals surface area contributed by atoms with E-state index in [0.29, 0.717) is 47.2 Å². The molecule has 2 aliphatic rings. The van der Waals surface area contributed by atoms with Crippen molar-refractivity contribution in [2.75, 3.05) is 25.2 Å². The molecular weight excluding hydrogens is 416 g/mol. The Morgan fingerprint density at radius 3 is 2.69 bits per heavy atom. The van der Waals surface area contributed by atoms with Gasteiger partial charge in [0.05, 0.1) is 11.7 Å². The number of nitrogens with one attached hydrogen (secondary N) is 1. The van der Waals surface area contributed by atoms with Gasteiger partial charge in [-0.2, -0.15) is 0 Å². The second-order valence-corrected chi connectivity index (χ2v) is 9.54. The number of anilines is 1. The third kappa shape index (κ3) is 4.66. The van der Waals surface area contributed by atoms with Crippen LogP contribution in [0.3, 0.4) is 0 Å². The zero-order valence-electron chi connectivity index (χ0n) is 15.6. The van der Waals surface area contributed by atoms with Crippen LogP contribution in [0.5, 0.6) is 11.5 Å². The van der Waals surface area contributed by atoms with Gasteiger partial charge < -0.3 is 14.8 Å². The molecule has 2 aliphatic heterocycles. The lowest BCUT2D eigenvalue weighted by molar-refractivity contribution is -0.120. The van der Waals surface area contributed by atoms with Crippen molar-refractivity contribution in [1.82, 2.24) is 4.31 Å². The van der Waals surface area contributed by atoms with Gasteiger partial charge in [-0.25, -0.2) is 12.7 Å². The number of sulfonamides is 1. The van der Waals surface area contributed by atoms with Crippen LogP contribution in [0.1, 0.15) is 18.4 Å². The van der Waals surface area contributed by atoms with E-state index < -0.39 is 15.9 Å². The molecule has 1 saturated heterocycles. The smallest absolute Gasteiger partial charge is 0.231 e. The maximum absolute atomic E-state index is 12.8. The third-order valence-electron chi connectivity index (χ3n) is 5.05. The van der Waals surface area contributed by atoms with Gasteiger partial charge in [0.2, 0.25) is 22.7 Å². The van der Waals surface area contributed by atoms with Crippen molar-refractivity contribution in [3.05, 3.63) is 53.1 Å². The molecule has 4 rings (SSSR count). The van der Waals surface area contributed by atoms with Crippen LogP contribution in [0, 0.1) is 5.92 Å². The largest absolute Gasteiger partial charge is 0.454 e. The lowest BCUT2D eigenvalue weighted by Gasteiger charge is -2.31. The van der Waals surface area contributed by atoms with Crippen molar-refractivity contribution in [2.45, 2.75) is 18.6 Å². The number of amides is 1. The van der Waals surface area contributed by atoms with E-state index in [1.165, 1.54) is 4.31 Å². The lowest BCUT2D eigenvalue weighted by atomic mass is 9.98. The van der Waals surface area contributed by atoms with Crippen LogP contribution in [-0.2, 0) is 20.6 Å². The number of benzene rings is 2. The minimum absolute atomic E-state index is 0.110. The average Bonchev–Trinajstić information content (AvgIpc) is 3.17. The molecule has 2 aromatic rings. The maximum Gasteiger partial charge on any atom is 0.231 e. The van der Waals surface area contributed by atoms with E-state index >= 15 is 0 Å². The fraction of sp³-hybridized carbons (Fsp3) is 0.350. The van der Waals surface area contributed by atoms with Crippen molar-refractivity contribution in [1.29, 1.82) is 0 Å². The first kappa shape index (κ1) is 20.0. The van der Waals surface area contributed by atoms with Crippen LogP contribution in [0.15, 0.2) is 42.5 Å². The van der Waals surface area contributed by atoms with Crippen molar-refractivity contribution in [2.24, 2.45) is 5.92 Å². The minimum Gasteiger partial charge on any atom is -0.454 e. The number of ether oxygens (including phenoxy) is 2. The number of hydrogen-bond donors (Lipinski definition) is 1. The van der Waals surface area contributed by atoms with E-state index in [0.717, 1.165) is 0 Å². The average molecular weight is 437 g/mol. The Balaban J connectivity index is 1.40. The zero-order valence-corrected chi connectivity index (χ0v) is 17.2. The molecule has 154 valence electrons. The van der Waals surface area contributed by atoms with Crippen molar-refractivity contribution in [3.8, 4) is 11.5 Å². The second-order valence-electron chi connectivity index (χ2n) is 7.14. The number of hydrogen-bond acceptors (Lipinski definition) is 5. The number of carbonyl (C=O) groups excluding carboxylic acids is 1. The van der Waals surface area contributed by atoms with Gasteiger partial charge in [-0.3, -0.25) is 4.79 Å². The predicted octanol–water partition coefficient (Wildman–Crippen LogP) is 3.25.